The lowest BCUT2D eigenvalue weighted by Gasteiger charge is -2.20. The highest BCUT2D eigenvalue weighted by Crippen LogP contribution is 2.25. The fraction of sp³-hybridized carbons (Fsp3) is 0.800. The number of nitrogens with zero attached hydrogens (tertiary/aromatic N) is 2. The molecule has 16 heavy (non-hydrogen) atoms. The monoisotopic (exact) mass is 242 g/mol. The molecule has 0 radical (unpaired) electrons. The zero-order valence-corrected chi connectivity index (χ0v) is 10.3. The standard InChI is InChI=1S/C10H18N4OS/c1-11-7-9-13-14-10(15-9)12-6-8-4-2-3-5-16-8/h8,11H,2-7H2,1H3,(H,12,14). The number of nitrogens with one attached hydrogen (secondary N) is 2. The number of rotatable bonds is 5. The van der Waals surface area contributed by atoms with Crippen LogP contribution in [0.25, 0.3) is 0 Å². The van der Waals surface area contributed by atoms with E-state index in [1.807, 2.05) is 18.8 Å². The van der Waals surface area contributed by atoms with Crippen molar-refractivity contribution in [2.45, 2.75) is 31.1 Å². The number of thioether (sulfide) groups is 1. The van der Waals surface area contributed by atoms with Gasteiger partial charge in [-0.15, -0.1) is 5.10 Å². The summed E-state index contributed by atoms with van der Waals surface area (Å²) < 4.78 is 5.41. The quantitative estimate of drug-likeness (QED) is 0.815. The summed E-state index contributed by atoms with van der Waals surface area (Å²) in [7, 11) is 1.86. The SMILES string of the molecule is CNCc1nnc(NCC2CCCCS2)o1. The molecule has 1 fully saturated rings. The lowest BCUT2D eigenvalue weighted by Crippen LogP contribution is -2.20. The molecule has 1 atom stereocenters. The predicted molar refractivity (Wildman–Crippen MR) is 65.6 cm³/mol. The van der Waals surface area contributed by atoms with Crippen molar-refractivity contribution in [2.75, 3.05) is 24.7 Å². The van der Waals surface area contributed by atoms with E-state index in [9.17, 15) is 0 Å². The summed E-state index contributed by atoms with van der Waals surface area (Å²) in [6.07, 6.45) is 3.98. The van der Waals surface area contributed by atoms with Crippen LogP contribution >= 0.6 is 11.8 Å². The highest BCUT2D eigenvalue weighted by molar-refractivity contribution is 7.99. The van der Waals surface area contributed by atoms with Crippen molar-refractivity contribution in [1.29, 1.82) is 0 Å². The summed E-state index contributed by atoms with van der Waals surface area (Å²) in [5.41, 5.74) is 0. The second-order valence-corrected chi connectivity index (χ2v) is 5.31. The van der Waals surface area contributed by atoms with Crippen LogP contribution in [0.4, 0.5) is 6.01 Å². The zero-order valence-electron chi connectivity index (χ0n) is 9.53. The van der Waals surface area contributed by atoms with E-state index in [2.05, 4.69) is 20.8 Å². The van der Waals surface area contributed by atoms with Crippen molar-refractivity contribution in [3.05, 3.63) is 5.89 Å². The lowest BCUT2D eigenvalue weighted by molar-refractivity contribution is 0.488. The fourth-order valence-electron chi connectivity index (χ4n) is 1.72. The molecule has 1 aliphatic rings. The van der Waals surface area contributed by atoms with Crippen LogP contribution in [0.3, 0.4) is 0 Å². The molecule has 1 aliphatic heterocycles. The Labute approximate surface area is 99.8 Å². The maximum atomic E-state index is 5.41. The van der Waals surface area contributed by atoms with Crippen LogP contribution in [0, 0.1) is 0 Å². The van der Waals surface area contributed by atoms with Crippen LogP contribution in [0.15, 0.2) is 4.42 Å². The van der Waals surface area contributed by atoms with Crippen molar-refractivity contribution < 1.29 is 4.42 Å². The van der Waals surface area contributed by atoms with Gasteiger partial charge < -0.3 is 15.1 Å². The zero-order chi connectivity index (χ0) is 11.2. The van der Waals surface area contributed by atoms with Gasteiger partial charge in [-0.05, 0) is 25.6 Å². The van der Waals surface area contributed by atoms with Gasteiger partial charge in [-0.2, -0.15) is 11.8 Å². The molecule has 0 amide bonds. The molecule has 1 aromatic heterocycles. The minimum Gasteiger partial charge on any atom is -0.407 e. The van der Waals surface area contributed by atoms with Crippen LogP contribution in [0.2, 0.25) is 0 Å². The van der Waals surface area contributed by atoms with Gasteiger partial charge in [-0.1, -0.05) is 11.5 Å². The maximum absolute atomic E-state index is 5.41. The summed E-state index contributed by atoms with van der Waals surface area (Å²) in [5, 5.41) is 14.7. The Morgan fingerprint density at radius 1 is 1.44 bits per heavy atom. The minimum atomic E-state index is 0.538. The molecular formula is C10H18N4OS. The summed E-state index contributed by atoms with van der Waals surface area (Å²) in [5.74, 6) is 1.91. The van der Waals surface area contributed by atoms with E-state index < -0.39 is 0 Å². The summed E-state index contributed by atoms with van der Waals surface area (Å²) in [4.78, 5) is 0. The van der Waals surface area contributed by atoms with Crippen molar-refractivity contribution in [2.24, 2.45) is 0 Å². The molecule has 1 unspecified atom stereocenters. The second kappa shape index (κ2) is 6.10. The first-order chi connectivity index (χ1) is 7.88. The van der Waals surface area contributed by atoms with E-state index in [1.165, 1.54) is 25.0 Å². The van der Waals surface area contributed by atoms with Crippen LogP contribution in [-0.2, 0) is 6.54 Å². The molecule has 0 bridgehead atoms. The number of hydrogen-bond donors (Lipinski definition) is 2. The van der Waals surface area contributed by atoms with Gasteiger partial charge in [0.1, 0.15) is 0 Å². The molecule has 5 nitrogen and oxygen atoms in total. The van der Waals surface area contributed by atoms with Gasteiger partial charge in [0, 0.05) is 11.8 Å². The molecule has 1 saturated heterocycles. The van der Waals surface area contributed by atoms with Crippen molar-refractivity contribution in [3.63, 3.8) is 0 Å². The third-order valence-electron chi connectivity index (χ3n) is 2.55. The predicted octanol–water partition coefficient (Wildman–Crippen LogP) is 1.49. The van der Waals surface area contributed by atoms with E-state index >= 15 is 0 Å². The van der Waals surface area contributed by atoms with E-state index in [0.29, 0.717) is 23.7 Å². The molecule has 6 heteroatoms. The highest BCUT2D eigenvalue weighted by Gasteiger charge is 2.14. The van der Waals surface area contributed by atoms with Gasteiger partial charge in [0.2, 0.25) is 5.89 Å². The molecule has 2 heterocycles. The maximum Gasteiger partial charge on any atom is 0.315 e. The average molecular weight is 242 g/mol. The number of aromatic nitrogens is 2. The summed E-state index contributed by atoms with van der Waals surface area (Å²) in [6, 6.07) is 0.538. The molecule has 2 rings (SSSR count). The molecule has 0 saturated carbocycles. The van der Waals surface area contributed by atoms with Crippen LogP contribution in [-0.4, -0.2) is 34.8 Å². The van der Waals surface area contributed by atoms with Gasteiger partial charge in [0.25, 0.3) is 0 Å². The largest absolute Gasteiger partial charge is 0.407 e. The Morgan fingerprint density at radius 2 is 2.38 bits per heavy atom. The minimum absolute atomic E-state index is 0.538. The van der Waals surface area contributed by atoms with E-state index in [4.69, 9.17) is 4.42 Å². The number of hydrogen-bond acceptors (Lipinski definition) is 6. The second-order valence-electron chi connectivity index (χ2n) is 3.90. The van der Waals surface area contributed by atoms with Gasteiger partial charge in [-0.3, -0.25) is 0 Å². The van der Waals surface area contributed by atoms with Gasteiger partial charge >= 0.3 is 6.01 Å². The highest BCUT2D eigenvalue weighted by atomic mass is 32.2. The van der Waals surface area contributed by atoms with Crippen LogP contribution in [0.5, 0.6) is 0 Å². The smallest absolute Gasteiger partial charge is 0.315 e. The van der Waals surface area contributed by atoms with E-state index in [-0.39, 0.29) is 0 Å². The fourth-order valence-corrected chi connectivity index (χ4v) is 2.96. The van der Waals surface area contributed by atoms with Gasteiger partial charge in [0.15, 0.2) is 0 Å². The normalized spacial score (nSPS) is 20.9. The van der Waals surface area contributed by atoms with Crippen LogP contribution in [0.1, 0.15) is 25.2 Å². The van der Waals surface area contributed by atoms with Crippen molar-refractivity contribution in [1.82, 2.24) is 15.5 Å². The first kappa shape index (κ1) is 11.7. The Morgan fingerprint density at radius 3 is 3.12 bits per heavy atom. The molecule has 90 valence electrons. The molecule has 0 spiro atoms. The van der Waals surface area contributed by atoms with Crippen LogP contribution < -0.4 is 10.6 Å². The van der Waals surface area contributed by atoms with Crippen molar-refractivity contribution in [3.8, 4) is 0 Å². The molecule has 0 aromatic carbocycles. The topological polar surface area (TPSA) is 63.0 Å². The first-order valence-corrected chi connectivity index (χ1v) is 6.76. The Hall–Kier alpha value is -0.750. The third kappa shape index (κ3) is 3.38. The Bertz CT molecular complexity index is 312. The lowest BCUT2D eigenvalue weighted by atomic mass is 10.2. The Balaban J connectivity index is 1.75. The summed E-state index contributed by atoms with van der Waals surface area (Å²) >= 11 is 2.03. The average Bonchev–Trinajstić information content (AvgIpc) is 2.76. The third-order valence-corrected chi connectivity index (χ3v) is 3.95. The van der Waals surface area contributed by atoms with Gasteiger partial charge in [0.05, 0.1) is 6.54 Å². The number of anilines is 1. The molecule has 2 N–H and O–H groups in total. The van der Waals surface area contributed by atoms with Gasteiger partial charge in [-0.25, -0.2) is 0 Å². The Kier molecular flexibility index (Phi) is 4.47. The molecule has 1 aromatic rings. The molecule has 0 aliphatic carbocycles. The van der Waals surface area contributed by atoms with E-state index in [0.717, 1.165) is 6.54 Å². The van der Waals surface area contributed by atoms with Crippen molar-refractivity contribution >= 4 is 17.8 Å². The first-order valence-electron chi connectivity index (χ1n) is 5.71. The summed E-state index contributed by atoms with van der Waals surface area (Å²) in [6.45, 7) is 1.54. The molecular weight excluding hydrogens is 224 g/mol. The van der Waals surface area contributed by atoms with E-state index in [1.54, 1.807) is 0 Å².